The summed E-state index contributed by atoms with van der Waals surface area (Å²) in [6, 6.07) is 11.4. The van der Waals surface area contributed by atoms with Gasteiger partial charge in [-0.3, -0.25) is 0 Å². The van der Waals surface area contributed by atoms with E-state index in [9.17, 15) is 8.78 Å². The van der Waals surface area contributed by atoms with Crippen LogP contribution in [0.25, 0.3) is 22.3 Å². The minimum atomic E-state index is -0.885. The summed E-state index contributed by atoms with van der Waals surface area (Å²) in [6.07, 6.45) is 2.01. The highest BCUT2D eigenvalue weighted by atomic mass is 19.1. The molecule has 22 heavy (non-hydrogen) atoms. The molecule has 3 aromatic rings. The van der Waals surface area contributed by atoms with Gasteiger partial charge in [-0.2, -0.15) is 5.26 Å². The molecule has 0 saturated heterocycles. The minimum absolute atomic E-state index is 0.280. The molecule has 4 heteroatoms. The number of nitrogens with zero attached hydrogens (tertiary/aromatic N) is 1. The predicted molar refractivity (Wildman–Crippen MR) is 80.3 cm³/mol. The van der Waals surface area contributed by atoms with Gasteiger partial charge >= 0.3 is 0 Å². The van der Waals surface area contributed by atoms with Crippen LogP contribution in [0.3, 0.4) is 0 Å². The molecular formula is C18H13F2NO. The number of fused-ring (bicyclic) bond motifs is 1. The third-order valence-corrected chi connectivity index (χ3v) is 3.56. The number of rotatable bonds is 3. The van der Waals surface area contributed by atoms with Crippen LogP contribution in [0.4, 0.5) is 8.78 Å². The van der Waals surface area contributed by atoms with Crippen molar-refractivity contribution in [1.82, 2.24) is 0 Å². The van der Waals surface area contributed by atoms with Gasteiger partial charge in [0, 0.05) is 10.9 Å². The molecule has 0 saturated carbocycles. The summed E-state index contributed by atoms with van der Waals surface area (Å²) in [4.78, 5) is 0. The normalized spacial score (nSPS) is 10.8. The quantitative estimate of drug-likeness (QED) is 0.666. The number of benzene rings is 2. The number of aryl methyl sites for hydroxylation is 1. The van der Waals surface area contributed by atoms with Crippen molar-refractivity contribution in [3.63, 3.8) is 0 Å². The maximum Gasteiger partial charge on any atom is 0.144 e. The molecule has 0 spiro atoms. The van der Waals surface area contributed by atoms with Crippen LogP contribution in [0.2, 0.25) is 0 Å². The van der Waals surface area contributed by atoms with E-state index in [-0.39, 0.29) is 5.56 Å². The van der Waals surface area contributed by atoms with Gasteiger partial charge in [0.25, 0.3) is 0 Å². The van der Waals surface area contributed by atoms with Crippen LogP contribution in [-0.4, -0.2) is 0 Å². The fourth-order valence-corrected chi connectivity index (χ4v) is 2.50. The zero-order chi connectivity index (χ0) is 15.7. The van der Waals surface area contributed by atoms with Crippen LogP contribution >= 0.6 is 0 Å². The fourth-order valence-electron chi connectivity index (χ4n) is 2.50. The lowest BCUT2D eigenvalue weighted by Gasteiger charge is -2.00. The molecule has 110 valence electrons. The van der Waals surface area contributed by atoms with Gasteiger partial charge in [-0.25, -0.2) is 8.78 Å². The Labute approximate surface area is 126 Å². The molecule has 0 atom stereocenters. The first-order valence-corrected chi connectivity index (χ1v) is 7.04. The lowest BCUT2D eigenvalue weighted by molar-refractivity contribution is 0.574. The van der Waals surface area contributed by atoms with Crippen LogP contribution in [0.15, 0.2) is 40.8 Å². The number of hydrogen-bond donors (Lipinski definition) is 0. The van der Waals surface area contributed by atoms with E-state index in [0.717, 1.165) is 30.4 Å². The molecule has 2 aromatic carbocycles. The summed E-state index contributed by atoms with van der Waals surface area (Å²) < 4.78 is 33.1. The first-order chi connectivity index (χ1) is 10.6. The molecular weight excluding hydrogens is 284 g/mol. The Balaban J connectivity index is 2.09. The topological polar surface area (TPSA) is 36.9 Å². The Bertz CT molecular complexity index is 867. The molecule has 0 aliphatic carbocycles. The van der Waals surface area contributed by atoms with Crippen molar-refractivity contribution in [1.29, 1.82) is 5.26 Å². The molecule has 2 nitrogen and oxygen atoms in total. The van der Waals surface area contributed by atoms with Gasteiger partial charge in [0.1, 0.15) is 34.6 Å². The zero-order valence-corrected chi connectivity index (χ0v) is 12.0. The second-order valence-electron chi connectivity index (χ2n) is 5.16. The van der Waals surface area contributed by atoms with E-state index in [1.165, 1.54) is 11.6 Å². The molecule has 3 rings (SSSR count). The van der Waals surface area contributed by atoms with Crippen molar-refractivity contribution in [3.05, 3.63) is 59.2 Å². The highest BCUT2D eigenvalue weighted by molar-refractivity contribution is 5.83. The third-order valence-electron chi connectivity index (χ3n) is 3.56. The highest BCUT2D eigenvalue weighted by Gasteiger charge is 2.14. The Hall–Kier alpha value is -2.67. The first-order valence-electron chi connectivity index (χ1n) is 7.04. The van der Waals surface area contributed by atoms with E-state index in [1.807, 2.05) is 18.2 Å². The van der Waals surface area contributed by atoms with E-state index in [1.54, 1.807) is 6.07 Å². The molecule has 0 amide bonds. The maximum absolute atomic E-state index is 13.7. The largest absolute Gasteiger partial charge is 0.456 e. The van der Waals surface area contributed by atoms with E-state index in [2.05, 4.69) is 6.92 Å². The summed E-state index contributed by atoms with van der Waals surface area (Å²) in [6.45, 7) is 2.10. The van der Waals surface area contributed by atoms with Crippen molar-refractivity contribution in [3.8, 4) is 17.4 Å². The monoisotopic (exact) mass is 297 g/mol. The molecule has 0 radical (unpaired) electrons. The summed E-state index contributed by atoms with van der Waals surface area (Å²) >= 11 is 0. The summed E-state index contributed by atoms with van der Waals surface area (Å²) in [5.41, 5.74) is 1.56. The second kappa shape index (κ2) is 5.61. The van der Waals surface area contributed by atoms with Crippen LogP contribution in [-0.2, 0) is 6.42 Å². The van der Waals surface area contributed by atoms with Gasteiger partial charge in [0.2, 0.25) is 0 Å². The number of hydrogen-bond acceptors (Lipinski definition) is 2. The van der Waals surface area contributed by atoms with E-state index < -0.39 is 17.2 Å². The molecule has 0 N–H and O–H groups in total. The van der Waals surface area contributed by atoms with Crippen molar-refractivity contribution in [2.75, 3.05) is 0 Å². The summed E-state index contributed by atoms with van der Waals surface area (Å²) in [5, 5.41) is 9.60. The van der Waals surface area contributed by atoms with E-state index in [4.69, 9.17) is 9.68 Å². The van der Waals surface area contributed by atoms with Gasteiger partial charge in [-0.15, -0.1) is 0 Å². The fraction of sp³-hybridized carbons (Fsp3) is 0.167. The number of nitriles is 1. The van der Waals surface area contributed by atoms with E-state index >= 15 is 0 Å². The standard InChI is InChI=1S/C18H13F2NO/c1-2-3-11-4-5-17-12(6-11)9-18(22-17)13-7-15(19)14(10-21)16(20)8-13/h4-9H,2-3H2,1H3. The Morgan fingerprint density at radius 1 is 1.09 bits per heavy atom. The van der Waals surface area contributed by atoms with Crippen LogP contribution in [0, 0.1) is 23.0 Å². The third kappa shape index (κ3) is 2.46. The Kier molecular flexibility index (Phi) is 3.64. The van der Waals surface area contributed by atoms with Crippen molar-refractivity contribution >= 4 is 11.0 Å². The van der Waals surface area contributed by atoms with Gasteiger partial charge < -0.3 is 4.42 Å². The zero-order valence-electron chi connectivity index (χ0n) is 12.0. The first kappa shape index (κ1) is 14.3. The Morgan fingerprint density at radius 2 is 1.82 bits per heavy atom. The van der Waals surface area contributed by atoms with Crippen LogP contribution in [0.5, 0.6) is 0 Å². The SMILES string of the molecule is CCCc1ccc2oc(-c3cc(F)c(C#N)c(F)c3)cc2c1. The predicted octanol–water partition coefficient (Wildman–Crippen LogP) is 5.20. The Morgan fingerprint density at radius 3 is 2.45 bits per heavy atom. The molecule has 1 aromatic heterocycles. The van der Waals surface area contributed by atoms with E-state index in [0.29, 0.717) is 11.3 Å². The lowest BCUT2D eigenvalue weighted by Crippen LogP contribution is -1.91. The molecule has 1 heterocycles. The van der Waals surface area contributed by atoms with Crippen molar-refractivity contribution in [2.24, 2.45) is 0 Å². The maximum atomic E-state index is 13.7. The summed E-state index contributed by atoms with van der Waals surface area (Å²) in [7, 11) is 0. The average Bonchev–Trinajstić information content (AvgIpc) is 2.90. The molecule has 0 aliphatic rings. The molecule has 0 bridgehead atoms. The lowest BCUT2D eigenvalue weighted by atomic mass is 10.1. The highest BCUT2D eigenvalue weighted by Crippen LogP contribution is 2.30. The van der Waals surface area contributed by atoms with Crippen molar-refractivity contribution < 1.29 is 13.2 Å². The van der Waals surface area contributed by atoms with Gasteiger partial charge in [-0.05, 0) is 42.3 Å². The smallest absolute Gasteiger partial charge is 0.144 e. The average molecular weight is 297 g/mol. The number of furan rings is 1. The van der Waals surface area contributed by atoms with Crippen LogP contribution < -0.4 is 0 Å². The van der Waals surface area contributed by atoms with Crippen LogP contribution in [0.1, 0.15) is 24.5 Å². The number of halogens is 2. The minimum Gasteiger partial charge on any atom is -0.456 e. The van der Waals surface area contributed by atoms with Crippen molar-refractivity contribution in [2.45, 2.75) is 19.8 Å². The molecule has 0 fully saturated rings. The van der Waals surface area contributed by atoms with Gasteiger partial charge in [-0.1, -0.05) is 19.4 Å². The second-order valence-corrected chi connectivity index (χ2v) is 5.16. The summed E-state index contributed by atoms with van der Waals surface area (Å²) in [5.74, 6) is -1.39. The van der Waals surface area contributed by atoms with Gasteiger partial charge in [0.15, 0.2) is 0 Å². The van der Waals surface area contributed by atoms with Gasteiger partial charge in [0.05, 0.1) is 0 Å². The molecule has 0 unspecified atom stereocenters. The molecule has 0 aliphatic heterocycles.